The van der Waals surface area contributed by atoms with Crippen LogP contribution in [0.2, 0.25) is 5.02 Å². The molecule has 7 heteroatoms. The van der Waals surface area contributed by atoms with Crippen molar-refractivity contribution >= 4 is 23.5 Å². The fourth-order valence-electron chi connectivity index (χ4n) is 2.07. The van der Waals surface area contributed by atoms with Crippen molar-refractivity contribution in [2.24, 2.45) is 0 Å². The van der Waals surface area contributed by atoms with Crippen molar-refractivity contribution in [2.75, 3.05) is 6.61 Å². The van der Waals surface area contributed by atoms with Gasteiger partial charge in [0.1, 0.15) is 11.6 Å². The normalized spacial score (nSPS) is 11.7. The van der Waals surface area contributed by atoms with Crippen molar-refractivity contribution in [3.63, 3.8) is 0 Å². The summed E-state index contributed by atoms with van der Waals surface area (Å²) in [6.45, 7) is 1.15. The van der Waals surface area contributed by atoms with Crippen LogP contribution in [-0.4, -0.2) is 18.5 Å². The van der Waals surface area contributed by atoms with Gasteiger partial charge in [-0.15, -0.1) is 0 Å². The molecule has 0 spiro atoms. The summed E-state index contributed by atoms with van der Waals surface area (Å²) in [7, 11) is 0. The van der Waals surface area contributed by atoms with E-state index in [4.69, 9.17) is 16.3 Å². The smallest absolute Gasteiger partial charge is 0.338 e. The van der Waals surface area contributed by atoms with E-state index in [1.807, 2.05) is 0 Å². The second kappa shape index (κ2) is 7.88. The van der Waals surface area contributed by atoms with Crippen LogP contribution in [0, 0.1) is 11.6 Å². The van der Waals surface area contributed by atoms with Crippen molar-refractivity contribution in [3.05, 3.63) is 70.2 Å². The molecule has 2 rings (SSSR count). The van der Waals surface area contributed by atoms with E-state index in [9.17, 15) is 18.4 Å². The van der Waals surface area contributed by atoms with Crippen molar-refractivity contribution < 1.29 is 23.1 Å². The second-order valence-corrected chi connectivity index (χ2v) is 5.45. The molecule has 1 N–H and O–H groups in total. The van der Waals surface area contributed by atoms with Gasteiger partial charge in [-0.1, -0.05) is 29.8 Å². The Labute approximate surface area is 142 Å². The van der Waals surface area contributed by atoms with Gasteiger partial charge in [-0.2, -0.15) is 0 Å². The number of benzene rings is 2. The SMILES string of the molecule is C[C@H](NC(=O)COC(=O)c1cc(F)cc(F)c1)c1ccccc1Cl. The predicted molar refractivity (Wildman–Crippen MR) is 84.7 cm³/mol. The maximum absolute atomic E-state index is 13.0. The average molecular weight is 354 g/mol. The number of esters is 1. The van der Waals surface area contributed by atoms with Gasteiger partial charge >= 0.3 is 5.97 Å². The fraction of sp³-hybridized carbons (Fsp3) is 0.176. The molecule has 0 aliphatic carbocycles. The number of nitrogens with one attached hydrogen (secondary N) is 1. The summed E-state index contributed by atoms with van der Waals surface area (Å²) in [6, 6.07) is 8.90. The van der Waals surface area contributed by atoms with Crippen LogP contribution < -0.4 is 5.32 Å². The van der Waals surface area contributed by atoms with Gasteiger partial charge in [-0.3, -0.25) is 4.79 Å². The summed E-state index contributed by atoms with van der Waals surface area (Å²) in [5.74, 6) is -3.36. The largest absolute Gasteiger partial charge is 0.452 e. The van der Waals surface area contributed by atoms with E-state index in [1.54, 1.807) is 31.2 Å². The maximum Gasteiger partial charge on any atom is 0.338 e. The molecular formula is C17H14ClF2NO3. The molecule has 24 heavy (non-hydrogen) atoms. The topological polar surface area (TPSA) is 55.4 Å². The van der Waals surface area contributed by atoms with Gasteiger partial charge in [0.2, 0.25) is 0 Å². The molecule has 0 saturated heterocycles. The molecule has 1 amide bonds. The third kappa shape index (κ3) is 4.76. The van der Waals surface area contributed by atoms with E-state index in [1.165, 1.54) is 0 Å². The quantitative estimate of drug-likeness (QED) is 0.835. The minimum Gasteiger partial charge on any atom is -0.452 e. The summed E-state index contributed by atoms with van der Waals surface area (Å²) in [6.07, 6.45) is 0. The first-order chi connectivity index (χ1) is 11.4. The summed E-state index contributed by atoms with van der Waals surface area (Å²) >= 11 is 6.03. The molecule has 0 unspecified atom stereocenters. The number of hydrogen-bond donors (Lipinski definition) is 1. The minimum absolute atomic E-state index is 0.306. The molecule has 0 fully saturated rings. The number of ether oxygens (including phenoxy) is 1. The number of hydrogen-bond acceptors (Lipinski definition) is 3. The van der Waals surface area contributed by atoms with Crippen molar-refractivity contribution in [1.82, 2.24) is 5.32 Å². The first kappa shape index (κ1) is 17.9. The number of rotatable bonds is 5. The Morgan fingerprint density at radius 1 is 1.17 bits per heavy atom. The van der Waals surface area contributed by atoms with Crippen molar-refractivity contribution in [2.45, 2.75) is 13.0 Å². The fourth-order valence-corrected chi connectivity index (χ4v) is 2.37. The van der Waals surface area contributed by atoms with Gasteiger partial charge in [-0.25, -0.2) is 13.6 Å². The van der Waals surface area contributed by atoms with Gasteiger partial charge in [0.05, 0.1) is 11.6 Å². The monoisotopic (exact) mass is 353 g/mol. The van der Waals surface area contributed by atoms with Gasteiger partial charge in [0.25, 0.3) is 5.91 Å². The van der Waals surface area contributed by atoms with E-state index in [0.29, 0.717) is 16.7 Å². The first-order valence-corrected chi connectivity index (χ1v) is 7.41. The highest BCUT2D eigenvalue weighted by molar-refractivity contribution is 6.31. The highest BCUT2D eigenvalue weighted by Gasteiger charge is 2.15. The Hall–Kier alpha value is -2.47. The number of halogens is 3. The lowest BCUT2D eigenvalue weighted by Crippen LogP contribution is -2.31. The van der Waals surface area contributed by atoms with Gasteiger partial charge in [0, 0.05) is 11.1 Å². The lowest BCUT2D eigenvalue weighted by atomic mass is 10.1. The first-order valence-electron chi connectivity index (χ1n) is 7.04. The zero-order valence-corrected chi connectivity index (χ0v) is 13.4. The summed E-state index contributed by atoms with van der Waals surface area (Å²) < 4.78 is 30.8. The molecule has 126 valence electrons. The Bertz CT molecular complexity index is 747. The number of amides is 1. The molecule has 2 aromatic carbocycles. The van der Waals surface area contributed by atoms with Crippen molar-refractivity contribution in [1.29, 1.82) is 0 Å². The summed E-state index contributed by atoms with van der Waals surface area (Å²) in [5, 5.41) is 3.12. The lowest BCUT2D eigenvalue weighted by Gasteiger charge is -2.15. The van der Waals surface area contributed by atoms with Gasteiger partial charge in [-0.05, 0) is 30.7 Å². The standard InChI is InChI=1S/C17H14ClF2NO3/c1-10(14-4-2-3-5-15(14)18)21-16(22)9-24-17(23)11-6-12(19)8-13(20)7-11/h2-8,10H,9H2,1H3,(H,21,22)/t10-/m0/s1. The van der Waals surface area contributed by atoms with Crippen LogP contribution in [-0.2, 0) is 9.53 Å². The third-order valence-corrected chi connectivity index (χ3v) is 3.53. The van der Waals surface area contributed by atoms with E-state index in [0.717, 1.165) is 12.1 Å². The minimum atomic E-state index is -0.992. The highest BCUT2D eigenvalue weighted by atomic mass is 35.5. The Balaban J connectivity index is 1.91. The Kier molecular flexibility index (Phi) is 5.87. The molecule has 0 aromatic heterocycles. The summed E-state index contributed by atoms with van der Waals surface area (Å²) in [5.41, 5.74) is 0.408. The molecular weight excluding hydrogens is 340 g/mol. The van der Waals surface area contributed by atoms with Crippen molar-refractivity contribution in [3.8, 4) is 0 Å². The molecule has 0 aliphatic heterocycles. The molecule has 0 aliphatic rings. The van der Waals surface area contributed by atoms with Gasteiger partial charge in [0.15, 0.2) is 6.61 Å². The zero-order chi connectivity index (χ0) is 17.7. The second-order valence-electron chi connectivity index (χ2n) is 5.04. The van der Waals surface area contributed by atoms with Crippen LogP contribution in [0.1, 0.15) is 28.9 Å². The lowest BCUT2D eigenvalue weighted by molar-refractivity contribution is -0.124. The van der Waals surface area contributed by atoms with E-state index < -0.39 is 36.2 Å². The third-order valence-electron chi connectivity index (χ3n) is 3.18. The molecule has 4 nitrogen and oxygen atoms in total. The van der Waals surface area contributed by atoms with Crippen LogP contribution in [0.25, 0.3) is 0 Å². The van der Waals surface area contributed by atoms with Crippen LogP contribution in [0.4, 0.5) is 8.78 Å². The van der Waals surface area contributed by atoms with Crippen LogP contribution >= 0.6 is 11.6 Å². The van der Waals surface area contributed by atoms with Gasteiger partial charge < -0.3 is 10.1 Å². The Morgan fingerprint density at radius 2 is 1.79 bits per heavy atom. The number of carbonyl (C=O) groups excluding carboxylic acids is 2. The van der Waals surface area contributed by atoms with Crippen LogP contribution in [0.15, 0.2) is 42.5 Å². The molecule has 2 aromatic rings. The molecule has 0 bridgehead atoms. The van der Waals surface area contributed by atoms with E-state index in [2.05, 4.69) is 5.32 Å². The zero-order valence-electron chi connectivity index (χ0n) is 12.7. The summed E-state index contributed by atoms with van der Waals surface area (Å²) in [4.78, 5) is 23.5. The molecule has 0 heterocycles. The Morgan fingerprint density at radius 3 is 2.42 bits per heavy atom. The van der Waals surface area contributed by atoms with E-state index >= 15 is 0 Å². The average Bonchev–Trinajstić information content (AvgIpc) is 2.52. The maximum atomic E-state index is 13.0. The van der Waals surface area contributed by atoms with E-state index in [-0.39, 0.29) is 5.56 Å². The predicted octanol–water partition coefficient (Wildman–Crippen LogP) is 3.65. The van der Waals surface area contributed by atoms with Crippen LogP contribution in [0.3, 0.4) is 0 Å². The van der Waals surface area contributed by atoms with Crippen LogP contribution in [0.5, 0.6) is 0 Å². The molecule has 0 radical (unpaired) electrons. The number of carbonyl (C=O) groups is 2. The highest BCUT2D eigenvalue weighted by Crippen LogP contribution is 2.21. The molecule has 0 saturated carbocycles. The molecule has 1 atom stereocenters.